The number of fused-ring (bicyclic) bond motifs is 1. The predicted molar refractivity (Wildman–Crippen MR) is 124 cm³/mol. The zero-order valence-corrected chi connectivity index (χ0v) is 19.4. The minimum Gasteiger partial charge on any atom is -0.494 e. The lowest BCUT2D eigenvalue weighted by molar-refractivity contribution is -0.127. The second-order valence-corrected chi connectivity index (χ2v) is 9.66. The molecule has 0 bridgehead atoms. The van der Waals surface area contributed by atoms with E-state index in [0.29, 0.717) is 50.2 Å². The van der Waals surface area contributed by atoms with E-state index in [2.05, 4.69) is 0 Å². The van der Waals surface area contributed by atoms with Crippen LogP contribution in [0.25, 0.3) is 6.08 Å². The van der Waals surface area contributed by atoms with Crippen LogP contribution in [0.15, 0.2) is 53.4 Å². The SMILES string of the molecule is CCOc1ccc(S(=O)(=O)N2CCN(C(=O)/C=C/c3ccc4c(c3)OCCCO4)CC2)cc1. The van der Waals surface area contributed by atoms with Gasteiger partial charge in [0.15, 0.2) is 11.5 Å². The van der Waals surface area contributed by atoms with Gasteiger partial charge in [-0.2, -0.15) is 4.31 Å². The minimum absolute atomic E-state index is 0.153. The van der Waals surface area contributed by atoms with Crippen LogP contribution in [0.3, 0.4) is 0 Å². The molecule has 2 aromatic carbocycles. The van der Waals surface area contributed by atoms with Gasteiger partial charge in [-0.25, -0.2) is 8.42 Å². The molecule has 176 valence electrons. The summed E-state index contributed by atoms with van der Waals surface area (Å²) in [4.78, 5) is 14.5. The van der Waals surface area contributed by atoms with Gasteiger partial charge in [0.1, 0.15) is 5.75 Å². The van der Waals surface area contributed by atoms with Crippen molar-refractivity contribution in [3.63, 3.8) is 0 Å². The van der Waals surface area contributed by atoms with Gasteiger partial charge in [0.25, 0.3) is 0 Å². The Bertz CT molecular complexity index is 1110. The number of nitrogens with zero attached hydrogens (tertiary/aromatic N) is 2. The van der Waals surface area contributed by atoms with Crippen LogP contribution in [-0.4, -0.2) is 69.5 Å². The predicted octanol–water partition coefficient (Wildman–Crippen LogP) is 2.79. The number of amides is 1. The van der Waals surface area contributed by atoms with Crippen LogP contribution < -0.4 is 14.2 Å². The van der Waals surface area contributed by atoms with E-state index in [1.54, 1.807) is 35.2 Å². The Kier molecular flexibility index (Phi) is 7.20. The summed E-state index contributed by atoms with van der Waals surface area (Å²) in [5, 5.41) is 0. The molecule has 0 radical (unpaired) electrons. The summed E-state index contributed by atoms with van der Waals surface area (Å²) in [6.07, 6.45) is 4.08. The van der Waals surface area contributed by atoms with Crippen molar-refractivity contribution in [3.8, 4) is 17.2 Å². The maximum Gasteiger partial charge on any atom is 0.246 e. The molecule has 2 aliphatic heterocycles. The highest BCUT2D eigenvalue weighted by molar-refractivity contribution is 7.89. The molecule has 0 spiro atoms. The monoisotopic (exact) mass is 472 g/mol. The molecule has 1 saturated heterocycles. The molecular formula is C24H28N2O6S. The molecule has 0 aromatic heterocycles. The topological polar surface area (TPSA) is 85.4 Å². The number of piperazine rings is 1. The first-order valence-corrected chi connectivity index (χ1v) is 12.5. The first-order chi connectivity index (χ1) is 16.0. The number of rotatable bonds is 6. The third-order valence-corrected chi connectivity index (χ3v) is 7.43. The first-order valence-electron chi connectivity index (χ1n) is 11.1. The van der Waals surface area contributed by atoms with E-state index < -0.39 is 10.0 Å². The standard InChI is InChI=1S/C24H28N2O6S/c1-2-30-20-6-8-21(9-7-20)33(28,29)26-14-12-25(13-15-26)24(27)11-5-19-4-10-22-23(18-19)32-17-3-16-31-22/h4-11,18H,2-3,12-17H2,1H3/b11-5+. The second-order valence-electron chi connectivity index (χ2n) is 7.72. The quantitative estimate of drug-likeness (QED) is 0.601. The number of carbonyl (C=O) groups is 1. The average Bonchev–Trinajstić information content (AvgIpc) is 3.08. The zero-order chi connectivity index (χ0) is 23.3. The second kappa shape index (κ2) is 10.3. The van der Waals surface area contributed by atoms with Gasteiger partial charge in [0.2, 0.25) is 15.9 Å². The lowest BCUT2D eigenvalue weighted by Gasteiger charge is -2.33. The fourth-order valence-electron chi connectivity index (χ4n) is 3.73. The lowest BCUT2D eigenvalue weighted by Crippen LogP contribution is -2.50. The molecule has 4 rings (SSSR count). The van der Waals surface area contributed by atoms with Crippen molar-refractivity contribution in [2.45, 2.75) is 18.2 Å². The molecule has 33 heavy (non-hydrogen) atoms. The summed E-state index contributed by atoms with van der Waals surface area (Å²) in [5.41, 5.74) is 0.837. The molecule has 0 unspecified atom stereocenters. The number of carbonyl (C=O) groups excluding carboxylic acids is 1. The lowest BCUT2D eigenvalue weighted by atomic mass is 10.2. The highest BCUT2D eigenvalue weighted by Gasteiger charge is 2.29. The van der Waals surface area contributed by atoms with Crippen LogP contribution in [0.4, 0.5) is 0 Å². The molecule has 2 aliphatic rings. The molecular weight excluding hydrogens is 444 g/mol. The van der Waals surface area contributed by atoms with E-state index in [9.17, 15) is 13.2 Å². The van der Waals surface area contributed by atoms with Crippen molar-refractivity contribution in [2.75, 3.05) is 46.0 Å². The summed E-state index contributed by atoms with van der Waals surface area (Å²) in [5.74, 6) is 1.86. The third-order valence-electron chi connectivity index (χ3n) is 5.51. The van der Waals surface area contributed by atoms with E-state index in [1.807, 2.05) is 25.1 Å². The Labute approximate surface area is 194 Å². The molecule has 1 amide bonds. The zero-order valence-electron chi connectivity index (χ0n) is 18.6. The van der Waals surface area contributed by atoms with Gasteiger partial charge in [-0.15, -0.1) is 0 Å². The largest absolute Gasteiger partial charge is 0.494 e. The minimum atomic E-state index is -3.61. The maximum atomic E-state index is 12.9. The summed E-state index contributed by atoms with van der Waals surface area (Å²) >= 11 is 0. The maximum absolute atomic E-state index is 12.9. The molecule has 2 heterocycles. The summed E-state index contributed by atoms with van der Waals surface area (Å²) in [6.45, 7) is 4.78. The van der Waals surface area contributed by atoms with Gasteiger partial charge >= 0.3 is 0 Å². The third kappa shape index (κ3) is 5.48. The van der Waals surface area contributed by atoms with Crippen molar-refractivity contribution in [2.24, 2.45) is 0 Å². The van der Waals surface area contributed by atoms with Crippen LogP contribution in [-0.2, 0) is 14.8 Å². The van der Waals surface area contributed by atoms with Gasteiger partial charge in [0.05, 0.1) is 24.7 Å². The molecule has 9 heteroatoms. The van der Waals surface area contributed by atoms with Gasteiger partial charge in [0, 0.05) is 38.7 Å². The number of hydrogen-bond acceptors (Lipinski definition) is 6. The van der Waals surface area contributed by atoms with E-state index in [0.717, 1.165) is 12.0 Å². The summed E-state index contributed by atoms with van der Waals surface area (Å²) < 4.78 is 44.0. The van der Waals surface area contributed by atoms with Crippen LogP contribution in [0.1, 0.15) is 18.9 Å². The van der Waals surface area contributed by atoms with Gasteiger partial charge in [-0.05, 0) is 55.0 Å². The Morgan fingerprint density at radius 1 is 1.00 bits per heavy atom. The van der Waals surface area contributed by atoms with Gasteiger partial charge < -0.3 is 19.1 Å². The van der Waals surface area contributed by atoms with Crippen LogP contribution in [0.2, 0.25) is 0 Å². The highest BCUT2D eigenvalue weighted by Crippen LogP contribution is 2.30. The highest BCUT2D eigenvalue weighted by atomic mass is 32.2. The van der Waals surface area contributed by atoms with Gasteiger partial charge in [-0.3, -0.25) is 4.79 Å². The number of ether oxygens (including phenoxy) is 3. The Morgan fingerprint density at radius 3 is 2.39 bits per heavy atom. The molecule has 0 saturated carbocycles. The van der Waals surface area contributed by atoms with Crippen molar-refractivity contribution >= 4 is 22.0 Å². The Balaban J connectivity index is 1.34. The molecule has 2 aromatic rings. The van der Waals surface area contributed by atoms with Crippen molar-refractivity contribution in [3.05, 3.63) is 54.1 Å². The number of sulfonamides is 1. The Hall–Kier alpha value is -3.04. The Morgan fingerprint density at radius 2 is 1.70 bits per heavy atom. The average molecular weight is 473 g/mol. The van der Waals surface area contributed by atoms with E-state index in [1.165, 1.54) is 10.4 Å². The molecule has 8 nitrogen and oxygen atoms in total. The normalized spacial score (nSPS) is 17.1. The van der Waals surface area contributed by atoms with Gasteiger partial charge in [-0.1, -0.05) is 6.07 Å². The first kappa shape index (κ1) is 23.1. The molecule has 0 aliphatic carbocycles. The molecule has 1 fully saturated rings. The van der Waals surface area contributed by atoms with Crippen molar-refractivity contribution in [1.29, 1.82) is 0 Å². The number of hydrogen-bond donors (Lipinski definition) is 0. The fraction of sp³-hybridized carbons (Fsp3) is 0.375. The number of benzene rings is 2. The van der Waals surface area contributed by atoms with Crippen molar-refractivity contribution in [1.82, 2.24) is 9.21 Å². The fourth-order valence-corrected chi connectivity index (χ4v) is 5.15. The van der Waals surface area contributed by atoms with Crippen molar-refractivity contribution < 1.29 is 27.4 Å². The molecule has 0 N–H and O–H groups in total. The van der Waals surface area contributed by atoms with E-state index >= 15 is 0 Å². The summed E-state index contributed by atoms with van der Waals surface area (Å²) in [6, 6.07) is 12.0. The van der Waals surface area contributed by atoms with Crippen LogP contribution in [0.5, 0.6) is 17.2 Å². The smallest absolute Gasteiger partial charge is 0.246 e. The van der Waals surface area contributed by atoms with E-state index in [-0.39, 0.29) is 23.9 Å². The van der Waals surface area contributed by atoms with Crippen LogP contribution >= 0.6 is 0 Å². The summed E-state index contributed by atoms with van der Waals surface area (Å²) in [7, 11) is -3.61. The molecule has 0 atom stereocenters. The van der Waals surface area contributed by atoms with Crippen LogP contribution in [0, 0.1) is 0 Å². The van der Waals surface area contributed by atoms with E-state index in [4.69, 9.17) is 14.2 Å².